The number of nitrogens with zero attached hydrogens (tertiary/aromatic N) is 1. The molecule has 0 bridgehead atoms. The zero-order valence-electron chi connectivity index (χ0n) is 15.7. The van der Waals surface area contributed by atoms with E-state index < -0.39 is 5.91 Å². The first kappa shape index (κ1) is 21.5. The van der Waals surface area contributed by atoms with Crippen LogP contribution >= 0.6 is 11.6 Å². The van der Waals surface area contributed by atoms with Crippen LogP contribution < -0.4 is 14.8 Å². The van der Waals surface area contributed by atoms with Gasteiger partial charge in [0.15, 0.2) is 13.2 Å². The smallest absolute Gasteiger partial charge is 0.262 e. The molecule has 0 spiro atoms. The maximum Gasteiger partial charge on any atom is 0.262 e. The highest BCUT2D eigenvalue weighted by Crippen LogP contribution is 2.27. The van der Waals surface area contributed by atoms with Crippen molar-refractivity contribution < 1.29 is 23.5 Å². The minimum Gasteiger partial charge on any atom is -0.484 e. The molecule has 0 saturated heterocycles. The van der Waals surface area contributed by atoms with Crippen LogP contribution in [0.5, 0.6) is 11.5 Å². The van der Waals surface area contributed by atoms with E-state index in [-0.39, 0.29) is 30.0 Å². The van der Waals surface area contributed by atoms with Crippen molar-refractivity contribution in [2.24, 2.45) is 0 Å². The number of rotatable bonds is 9. The summed E-state index contributed by atoms with van der Waals surface area (Å²) in [6.45, 7) is 4.66. The molecule has 0 heterocycles. The van der Waals surface area contributed by atoms with E-state index in [1.54, 1.807) is 17.0 Å². The van der Waals surface area contributed by atoms with E-state index in [4.69, 9.17) is 21.1 Å². The molecule has 0 unspecified atom stereocenters. The fraction of sp³-hybridized carbons (Fsp3) is 0.300. The molecular formula is C20H22ClFN2O4. The predicted molar refractivity (Wildman–Crippen MR) is 105 cm³/mol. The molecule has 0 radical (unpaired) electrons. The van der Waals surface area contributed by atoms with Crippen molar-refractivity contribution in [3.63, 3.8) is 0 Å². The van der Waals surface area contributed by atoms with E-state index in [0.29, 0.717) is 30.3 Å². The minimum atomic E-state index is -0.397. The molecule has 0 aromatic heterocycles. The van der Waals surface area contributed by atoms with Crippen molar-refractivity contribution in [1.82, 2.24) is 4.90 Å². The van der Waals surface area contributed by atoms with Crippen LogP contribution in [0.2, 0.25) is 5.02 Å². The number of halogens is 2. The zero-order chi connectivity index (χ0) is 20.5. The summed E-state index contributed by atoms with van der Waals surface area (Å²) in [4.78, 5) is 25.6. The van der Waals surface area contributed by atoms with Crippen molar-refractivity contribution in [2.75, 3.05) is 31.6 Å². The number of ether oxygens (including phenoxy) is 2. The molecule has 0 aliphatic heterocycles. The molecule has 2 aromatic carbocycles. The van der Waals surface area contributed by atoms with Gasteiger partial charge in [0, 0.05) is 18.8 Å². The molecule has 0 aliphatic carbocycles. The first-order valence-corrected chi connectivity index (χ1v) is 9.19. The molecule has 6 nitrogen and oxygen atoms in total. The van der Waals surface area contributed by atoms with E-state index in [1.165, 1.54) is 30.3 Å². The number of benzene rings is 2. The van der Waals surface area contributed by atoms with Gasteiger partial charge in [0.1, 0.15) is 17.3 Å². The van der Waals surface area contributed by atoms with Gasteiger partial charge in [0.05, 0.1) is 5.02 Å². The van der Waals surface area contributed by atoms with E-state index in [2.05, 4.69) is 5.32 Å². The summed E-state index contributed by atoms with van der Waals surface area (Å²) in [5.41, 5.74) is 0.458. The lowest BCUT2D eigenvalue weighted by Crippen LogP contribution is -2.34. The third kappa shape index (κ3) is 6.42. The molecule has 150 valence electrons. The monoisotopic (exact) mass is 408 g/mol. The van der Waals surface area contributed by atoms with Crippen molar-refractivity contribution >= 4 is 29.1 Å². The number of carbonyl (C=O) groups is 2. The van der Waals surface area contributed by atoms with Crippen LogP contribution in [0.15, 0.2) is 42.5 Å². The van der Waals surface area contributed by atoms with Gasteiger partial charge in [-0.1, -0.05) is 11.6 Å². The van der Waals surface area contributed by atoms with E-state index in [9.17, 15) is 14.0 Å². The summed E-state index contributed by atoms with van der Waals surface area (Å²) < 4.78 is 23.6. The Morgan fingerprint density at radius 1 is 1.04 bits per heavy atom. The summed E-state index contributed by atoms with van der Waals surface area (Å²) in [6.07, 6.45) is 0. The van der Waals surface area contributed by atoms with Gasteiger partial charge < -0.3 is 19.7 Å². The Labute approximate surface area is 168 Å². The SMILES string of the molecule is CCN(CC)C(=O)COc1ccc(NC(=O)COc2ccc(F)cc2)cc1Cl. The summed E-state index contributed by atoms with van der Waals surface area (Å²) in [5.74, 6) is -0.173. The topological polar surface area (TPSA) is 67.9 Å². The molecule has 2 rings (SSSR count). The zero-order valence-corrected chi connectivity index (χ0v) is 16.5. The highest BCUT2D eigenvalue weighted by molar-refractivity contribution is 6.32. The maximum absolute atomic E-state index is 12.8. The lowest BCUT2D eigenvalue weighted by molar-refractivity contribution is -0.133. The van der Waals surface area contributed by atoms with E-state index >= 15 is 0 Å². The van der Waals surface area contributed by atoms with Gasteiger partial charge in [-0.25, -0.2) is 4.39 Å². The first-order chi connectivity index (χ1) is 13.4. The number of amides is 2. The van der Waals surface area contributed by atoms with Gasteiger partial charge >= 0.3 is 0 Å². The van der Waals surface area contributed by atoms with Crippen LogP contribution in [0.4, 0.5) is 10.1 Å². The Bertz CT molecular complexity index is 810. The molecule has 28 heavy (non-hydrogen) atoms. The van der Waals surface area contributed by atoms with Gasteiger partial charge in [0.25, 0.3) is 11.8 Å². The number of likely N-dealkylation sites (N-methyl/N-ethyl adjacent to an activating group) is 1. The average Bonchev–Trinajstić information content (AvgIpc) is 2.68. The normalized spacial score (nSPS) is 10.3. The third-order valence-corrected chi connectivity index (χ3v) is 4.16. The molecule has 0 aliphatic rings. The summed E-state index contributed by atoms with van der Waals surface area (Å²) in [5, 5.41) is 2.91. The molecular weight excluding hydrogens is 387 g/mol. The molecule has 0 fully saturated rings. The number of anilines is 1. The van der Waals surface area contributed by atoms with Crippen LogP contribution in [0.3, 0.4) is 0 Å². The number of nitrogens with one attached hydrogen (secondary N) is 1. The van der Waals surface area contributed by atoms with Crippen LogP contribution in [0, 0.1) is 5.82 Å². The second kappa shape index (κ2) is 10.5. The van der Waals surface area contributed by atoms with E-state index in [0.717, 1.165) is 0 Å². The Hall–Kier alpha value is -2.80. The van der Waals surface area contributed by atoms with Gasteiger partial charge in [-0.05, 0) is 56.3 Å². The molecule has 2 aromatic rings. The number of carbonyl (C=O) groups excluding carboxylic acids is 2. The van der Waals surface area contributed by atoms with Gasteiger partial charge in [-0.3, -0.25) is 9.59 Å². The molecule has 2 amide bonds. The van der Waals surface area contributed by atoms with Gasteiger partial charge in [-0.15, -0.1) is 0 Å². The summed E-state index contributed by atoms with van der Waals surface area (Å²) >= 11 is 6.16. The first-order valence-electron chi connectivity index (χ1n) is 8.81. The van der Waals surface area contributed by atoms with Crippen molar-refractivity contribution in [3.8, 4) is 11.5 Å². The Morgan fingerprint density at radius 2 is 1.71 bits per heavy atom. The molecule has 8 heteroatoms. The number of hydrogen-bond donors (Lipinski definition) is 1. The van der Waals surface area contributed by atoms with E-state index in [1.807, 2.05) is 13.8 Å². The van der Waals surface area contributed by atoms with Crippen molar-refractivity contribution in [3.05, 3.63) is 53.3 Å². The highest BCUT2D eigenvalue weighted by atomic mass is 35.5. The minimum absolute atomic E-state index is 0.112. The lowest BCUT2D eigenvalue weighted by atomic mass is 10.3. The molecule has 0 saturated carbocycles. The quantitative estimate of drug-likeness (QED) is 0.686. The molecule has 1 N–H and O–H groups in total. The average molecular weight is 409 g/mol. The largest absolute Gasteiger partial charge is 0.484 e. The van der Waals surface area contributed by atoms with Crippen LogP contribution in [-0.4, -0.2) is 43.0 Å². The standard InChI is InChI=1S/C20H22ClFN2O4/c1-3-24(4-2)20(26)13-28-18-10-7-15(11-17(18)21)23-19(25)12-27-16-8-5-14(22)6-9-16/h5-11H,3-4,12-13H2,1-2H3,(H,23,25). The fourth-order valence-electron chi connectivity index (χ4n) is 2.38. The summed E-state index contributed by atoms with van der Waals surface area (Å²) in [7, 11) is 0. The molecule has 0 atom stereocenters. The third-order valence-electron chi connectivity index (χ3n) is 3.87. The van der Waals surface area contributed by atoms with Crippen molar-refractivity contribution in [2.45, 2.75) is 13.8 Å². The van der Waals surface area contributed by atoms with Gasteiger partial charge in [0.2, 0.25) is 0 Å². The van der Waals surface area contributed by atoms with Crippen LogP contribution in [-0.2, 0) is 9.59 Å². The Morgan fingerprint density at radius 3 is 2.32 bits per heavy atom. The second-order valence-corrected chi connectivity index (χ2v) is 6.20. The maximum atomic E-state index is 12.8. The Kier molecular flexibility index (Phi) is 8.07. The van der Waals surface area contributed by atoms with Gasteiger partial charge in [-0.2, -0.15) is 0 Å². The summed E-state index contributed by atoms with van der Waals surface area (Å²) in [6, 6.07) is 10.1. The lowest BCUT2D eigenvalue weighted by Gasteiger charge is -2.19. The number of hydrogen-bond acceptors (Lipinski definition) is 4. The van der Waals surface area contributed by atoms with Crippen LogP contribution in [0.25, 0.3) is 0 Å². The van der Waals surface area contributed by atoms with Crippen LogP contribution in [0.1, 0.15) is 13.8 Å². The second-order valence-electron chi connectivity index (χ2n) is 5.79. The predicted octanol–water partition coefficient (Wildman–Crippen LogP) is 3.74. The highest BCUT2D eigenvalue weighted by Gasteiger charge is 2.12. The van der Waals surface area contributed by atoms with Crippen molar-refractivity contribution in [1.29, 1.82) is 0 Å². The Balaban J connectivity index is 1.86. The fourth-order valence-corrected chi connectivity index (χ4v) is 2.61.